The number of ketones is 1. The minimum Gasteiger partial charge on any atom is -0.334 e. The molecule has 0 saturated carbocycles. The van der Waals surface area contributed by atoms with Crippen LogP contribution in [0.5, 0.6) is 0 Å². The van der Waals surface area contributed by atoms with E-state index in [9.17, 15) is 4.79 Å². The molecule has 1 heterocycles. The predicted molar refractivity (Wildman–Crippen MR) is 95.5 cm³/mol. The molecule has 0 fully saturated rings. The van der Waals surface area contributed by atoms with Gasteiger partial charge in [-0.3, -0.25) is 4.79 Å². The molecule has 0 N–H and O–H groups in total. The first kappa shape index (κ1) is 13.7. The summed E-state index contributed by atoms with van der Waals surface area (Å²) < 4.78 is 2.09. The molecule has 3 aromatic rings. The molecule has 2 aromatic carbocycles. The Balaban J connectivity index is 1.60. The maximum absolute atomic E-state index is 13.3. The Bertz CT molecular complexity index is 1020. The van der Waals surface area contributed by atoms with Crippen LogP contribution in [0.2, 0.25) is 0 Å². The fourth-order valence-corrected chi connectivity index (χ4v) is 4.30. The largest absolute Gasteiger partial charge is 0.334 e. The van der Waals surface area contributed by atoms with E-state index >= 15 is 0 Å². The van der Waals surface area contributed by atoms with Crippen LogP contribution in [0.1, 0.15) is 29.8 Å². The molecular formula is C21H18N2O. The van der Waals surface area contributed by atoms with Gasteiger partial charge in [0.2, 0.25) is 0 Å². The summed E-state index contributed by atoms with van der Waals surface area (Å²) in [6.45, 7) is 2.72. The maximum Gasteiger partial charge on any atom is 0.168 e. The Morgan fingerprint density at radius 3 is 2.71 bits per heavy atom. The second-order valence-electron chi connectivity index (χ2n) is 6.79. The molecule has 2 aliphatic rings. The third-order valence-corrected chi connectivity index (χ3v) is 5.50. The van der Waals surface area contributed by atoms with Gasteiger partial charge in [0.05, 0.1) is 0 Å². The summed E-state index contributed by atoms with van der Waals surface area (Å²) in [5.74, 6) is 1.31. The minimum absolute atomic E-state index is 0.0428. The van der Waals surface area contributed by atoms with E-state index in [0.717, 1.165) is 36.3 Å². The van der Waals surface area contributed by atoms with Crippen LogP contribution in [0.4, 0.5) is 0 Å². The third kappa shape index (κ3) is 1.78. The van der Waals surface area contributed by atoms with Crippen molar-refractivity contribution in [3.63, 3.8) is 0 Å². The van der Waals surface area contributed by atoms with Crippen LogP contribution in [0, 0.1) is 12.8 Å². The fourth-order valence-electron chi connectivity index (χ4n) is 4.30. The Hall–Kier alpha value is -2.68. The van der Waals surface area contributed by atoms with Crippen molar-refractivity contribution in [3.8, 4) is 0 Å². The van der Waals surface area contributed by atoms with Crippen molar-refractivity contribution in [2.75, 3.05) is 0 Å². The lowest BCUT2D eigenvalue weighted by atomic mass is 9.81. The van der Waals surface area contributed by atoms with Gasteiger partial charge in [-0.25, -0.2) is 4.98 Å². The molecular weight excluding hydrogens is 296 g/mol. The first-order valence-corrected chi connectivity index (χ1v) is 8.51. The van der Waals surface area contributed by atoms with Gasteiger partial charge < -0.3 is 4.57 Å². The number of nitrogens with zero attached hydrogens (tertiary/aromatic N) is 2. The molecule has 2 aliphatic carbocycles. The van der Waals surface area contributed by atoms with Gasteiger partial charge in [-0.15, -0.1) is 0 Å². The van der Waals surface area contributed by atoms with Gasteiger partial charge in [-0.2, -0.15) is 0 Å². The zero-order chi connectivity index (χ0) is 16.3. The van der Waals surface area contributed by atoms with Crippen molar-refractivity contribution < 1.29 is 4.79 Å². The predicted octanol–water partition coefficient (Wildman–Crippen LogP) is 4.25. The van der Waals surface area contributed by atoms with Crippen LogP contribution < -0.4 is 0 Å². The molecule has 0 amide bonds. The number of carbonyl (C=O) groups excluding carboxylic acids is 1. The highest BCUT2D eigenvalue weighted by Gasteiger charge is 2.36. The van der Waals surface area contributed by atoms with Gasteiger partial charge in [0.25, 0.3) is 0 Å². The van der Waals surface area contributed by atoms with E-state index in [1.165, 1.54) is 21.9 Å². The molecule has 5 rings (SSSR count). The van der Waals surface area contributed by atoms with Crippen molar-refractivity contribution in [1.82, 2.24) is 9.55 Å². The zero-order valence-corrected chi connectivity index (χ0v) is 13.6. The van der Waals surface area contributed by atoms with Gasteiger partial charge in [0.1, 0.15) is 5.82 Å². The summed E-state index contributed by atoms with van der Waals surface area (Å²) in [5.41, 5.74) is 4.63. The Labute approximate surface area is 140 Å². The second kappa shape index (κ2) is 4.91. The lowest BCUT2D eigenvalue weighted by molar-refractivity contribution is -0.118. The van der Waals surface area contributed by atoms with Crippen molar-refractivity contribution in [2.24, 2.45) is 5.92 Å². The molecule has 3 nitrogen and oxygen atoms in total. The standard InChI is InChI=1S/C21H18N2O/c1-13-22-10-11-23(13)12-15-8-9-17-16-6-2-4-14-5-3-7-18(19(14)16)20(17)21(15)24/h2-7,10-11,15H,8-9,12H2,1H3/t15-/m1/s1. The SMILES string of the molecule is Cc1nccn1C[C@H]1CCC2=C(C1=O)c1cccc3cccc2c13. The molecule has 0 bridgehead atoms. The van der Waals surface area contributed by atoms with E-state index in [1.807, 2.05) is 13.1 Å². The average Bonchev–Trinajstić information content (AvgIpc) is 3.15. The summed E-state index contributed by atoms with van der Waals surface area (Å²) >= 11 is 0. The highest BCUT2D eigenvalue weighted by molar-refractivity contribution is 6.36. The zero-order valence-electron chi connectivity index (χ0n) is 13.6. The lowest BCUT2D eigenvalue weighted by Gasteiger charge is -2.24. The summed E-state index contributed by atoms with van der Waals surface area (Å²) in [6.07, 6.45) is 5.67. The highest BCUT2D eigenvalue weighted by atomic mass is 16.1. The maximum atomic E-state index is 13.3. The van der Waals surface area contributed by atoms with E-state index < -0.39 is 0 Å². The van der Waals surface area contributed by atoms with Crippen molar-refractivity contribution in [2.45, 2.75) is 26.3 Å². The van der Waals surface area contributed by atoms with Crippen LogP contribution in [-0.4, -0.2) is 15.3 Å². The van der Waals surface area contributed by atoms with E-state index in [2.05, 4.69) is 45.9 Å². The molecule has 0 unspecified atom stereocenters. The van der Waals surface area contributed by atoms with E-state index in [4.69, 9.17) is 0 Å². The van der Waals surface area contributed by atoms with Crippen LogP contribution in [0.15, 0.2) is 48.8 Å². The number of Topliss-reactive ketones (excluding diaryl/α,β-unsaturated/α-hetero) is 1. The van der Waals surface area contributed by atoms with Crippen LogP contribution in [0.3, 0.4) is 0 Å². The van der Waals surface area contributed by atoms with Crippen LogP contribution in [-0.2, 0) is 11.3 Å². The molecule has 24 heavy (non-hydrogen) atoms. The number of rotatable bonds is 2. The number of hydrogen-bond donors (Lipinski definition) is 0. The van der Waals surface area contributed by atoms with Crippen LogP contribution >= 0.6 is 0 Å². The number of imidazole rings is 1. The van der Waals surface area contributed by atoms with E-state index in [-0.39, 0.29) is 5.92 Å². The van der Waals surface area contributed by atoms with Gasteiger partial charge in [0, 0.05) is 30.4 Å². The molecule has 0 radical (unpaired) electrons. The third-order valence-electron chi connectivity index (χ3n) is 5.50. The summed E-state index contributed by atoms with van der Waals surface area (Å²) in [7, 11) is 0. The molecule has 1 aromatic heterocycles. The Morgan fingerprint density at radius 2 is 1.96 bits per heavy atom. The quantitative estimate of drug-likeness (QED) is 0.709. The highest BCUT2D eigenvalue weighted by Crippen LogP contribution is 2.48. The number of carbonyl (C=O) groups is 1. The monoisotopic (exact) mass is 314 g/mol. The van der Waals surface area contributed by atoms with E-state index in [1.54, 1.807) is 6.20 Å². The minimum atomic E-state index is 0.0428. The Kier molecular flexibility index (Phi) is 2.81. The van der Waals surface area contributed by atoms with Gasteiger partial charge in [-0.05, 0) is 47.2 Å². The fraction of sp³-hybridized carbons (Fsp3) is 0.238. The van der Waals surface area contributed by atoms with Gasteiger partial charge in [0.15, 0.2) is 5.78 Å². The molecule has 0 aliphatic heterocycles. The topological polar surface area (TPSA) is 34.9 Å². The molecule has 1 atom stereocenters. The summed E-state index contributed by atoms with van der Waals surface area (Å²) in [5, 5.41) is 2.49. The first-order chi connectivity index (χ1) is 11.7. The first-order valence-electron chi connectivity index (χ1n) is 8.51. The van der Waals surface area contributed by atoms with Crippen molar-refractivity contribution in [3.05, 3.63) is 65.7 Å². The average molecular weight is 314 g/mol. The lowest BCUT2D eigenvalue weighted by Crippen LogP contribution is -2.25. The van der Waals surface area contributed by atoms with Gasteiger partial charge in [-0.1, -0.05) is 36.4 Å². The number of aryl methyl sites for hydroxylation is 1. The van der Waals surface area contributed by atoms with E-state index in [0.29, 0.717) is 5.78 Å². The number of hydrogen-bond acceptors (Lipinski definition) is 2. The molecule has 0 saturated heterocycles. The summed E-state index contributed by atoms with van der Waals surface area (Å²) in [4.78, 5) is 17.5. The van der Waals surface area contributed by atoms with Crippen molar-refractivity contribution in [1.29, 1.82) is 0 Å². The normalized spacial score (nSPS) is 19.2. The van der Waals surface area contributed by atoms with Gasteiger partial charge >= 0.3 is 0 Å². The smallest absolute Gasteiger partial charge is 0.168 e. The molecule has 0 spiro atoms. The number of fused-ring (bicyclic) bond motifs is 2. The Morgan fingerprint density at radius 1 is 1.17 bits per heavy atom. The number of aromatic nitrogens is 2. The molecule has 118 valence electrons. The molecule has 3 heteroatoms. The number of benzene rings is 2. The van der Waals surface area contributed by atoms with Crippen LogP contribution in [0.25, 0.3) is 21.9 Å². The second-order valence-corrected chi connectivity index (χ2v) is 6.79. The van der Waals surface area contributed by atoms with Crippen molar-refractivity contribution >= 4 is 27.7 Å². The summed E-state index contributed by atoms with van der Waals surface area (Å²) in [6, 6.07) is 12.7. The number of allylic oxidation sites excluding steroid dienone is 2.